The van der Waals surface area contributed by atoms with Crippen molar-refractivity contribution in [1.82, 2.24) is 0 Å². The van der Waals surface area contributed by atoms with Crippen LogP contribution in [0.5, 0.6) is 0 Å². The number of carbonyl (C=O) groups excluding carboxylic acids is 1. The maximum Gasteiger partial charge on any atom is 0.331 e. The van der Waals surface area contributed by atoms with Gasteiger partial charge in [-0.05, 0) is 23.8 Å². The van der Waals surface area contributed by atoms with Gasteiger partial charge in [-0.15, -0.1) is 11.8 Å². The number of rotatable bonds is 5. The van der Waals surface area contributed by atoms with Crippen molar-refractivity contribution in [3.63, 3.8) is 0 Å². The lowest BCUT2D eigenvalue weighted by Crippen LogP contribution is -2.48. The van der Waals surface area contributed by atoms with Gasteiger partial charge in [0.25, 0.3) is 0 Å². The van der Waals surface area contributed by atoms with Crippen LogP contribution in [0.25, 0.3) is 0 Å². The summed E-state index contributed by atoms with van der Waals surface area (Å²) in [5.41, 5.74) is 5.94. The van der Waals surface area contributed by atoms with Crippen LogP contribution in [0.4, 0.5) is 0 Å². The molecule has 0 fully saturated rings. The van der Waals surface area contributed by atoms with Crippen LogP contribution in [0.3, 0.4) is 0 Å². The molecule has 0 radical (unpaired) electrons. The molecule has 0 aliphatic carbocycles. The van der Waals surface area contributed by atoms with Crippen LogP contribution in [0.1, 0.15) is 5.56 Å². The topological polar surface area (TPSA) is 52.3 Å². The van der Waals surface area contributed by atoms with Crippen LogP contribution in [-0.4, -0.2) is 18.8 Å². The minimum atomic E-state index is -1.16. The van der Waals surface area contributed by atoms with E-state index in [4.69, 9.17) is 10.5 Å². The Labute approximate surface area is 137 Å². The Morgan fingerprint density at radius 1 is 1.24 bits per heavy atom. The number of ether oxygens (including phenoxy) is 1. The summed E-state index contributed by atoms with van der Waals surface area (Å²) in [6, 6.07) is 17.2. The standard InChI is InChI=1S/C16H16BrNO2S/c1-20-15(19)16(18,12-6-3-2-4-7-12)11-21-14-9-5-8-13(17)10-14/h2-10H,11,18H2,1H3. The van der Waals surface area contributed by atoms with E-state index in [0.717, 1.165) is 14.9 Å². The van der Waals surface area contributed by atoms with Crippen molar-refractivity contribution in [2.24, 2.45) is 5.73 Å². The Kier molecular flexibility index (Phi) is 5.45. The first-order valence-electron chi connectivity index (χ1n) is 6.37. The van der Waals surface area contributed by atoms with Crippen LogP contribution in [-0.2, 0) is 15.1 Å². The van der Waals surface area contributed by atoms with E-state index in [2.05, 4.69) is 15.9 Å². The molecule has 5 heteroatoms. The van der Waals surface area contributed by atoms with Crippen molar-refractivity contribution in [2.45, 2.75) is 10.4 Å². The summed E-state index contributed by atoms with van der Waals surface area (Å²) in [4.78, 5) is 13.2. The number of benzene rings is 2. The van der Waals surface area contributed by atoms with Gasteiger partial charge in [0.15, 0.2) is 0 Å². The fourth-order valence-corrected chi connectivity index (χ4v) is 3.55. The highest BCUT2D eigenvalue weighted by Crippen LogP contribution is 2.30. The van der Waals surface area contributed by atoms with Gasteiger partial charge in [0, 0.05) is 15.1 Å². The lowest BCUT2D eigenvalue weighted by molar-refractivity contribution is -0.146. The second kappa shape index (κ2) is 7.11. The number of hydrogen-bond acceptors (Lipinski definition) is 4. The molecule has 2 N–H and O–H groups in total. The molecule has 1 atom stereocenters. The first kappa shape index (κ1) is 16.1. The van der Waals surface area contributed by atoms with E-state index in [9.17, 15) is 4.79 Å². The van der Waals surface area contributed by atoms with Crippen molar-refractivity contribution in [3.8, 4) is 0 Å². The molecule has 0 aliphatic rings. The molecule has 0 aromatic heterocycles. The largest absolute Gasteiger partial charge is 0.467 e. The molecule has 2 rings (SSSR count). The summed E-state index contributed by atoms with van der Waals surface area (Å²) in [5, 5.41) is 0. The van der Waals surface area contributed by atoms with E-state index < -0.39 is 11.5 Å². The van der Waals surface area contributed by atoms with Gasteiger partial charge in [-0.1, -0.05) is 52.3 Å². The normalized spacial score (nSPS) is 13.5. The van der Waals surface area contributed by atoms with Gasteiger partial charge in [0.05, 0.1) is 7.11 Å². The summed E-state index contributed by atoms with van der Waals surface area (Å²) in [5.74, 6) is -0.0312. The predicted molar refractivity (Wildman–Crippen MR) is 89.2 cm³/mol. The Morgan fingerprint density at radius 2 is 1.95 bits per heavy atom. The second-order valence-corrected chi connectivity index (χ2v) is 6.54. The first-order chi connectivity index (χ1) is 10.1. The van der Waals surface area contributed by atoms with E-state index >= 15 is 0 Å². The van der Waals surface area contributed by atoms with Crippen molar-refractivity contribution in [1.29, 1.82) is 0 Å². The van der Waals surface area contributed by atoms with Crippen molar-refractivity contribution in [2.75, 3.05) is 12.9 Å². The number of nitrogens with two attached hydrogens (primary N) is 1. The highest BCUT2D eigenvalue weighted by atomic mass is 79.9. The van der Waals surface area contributed by atoms with E-state index in [1.54, 1.807) is 0 Å². The van der Waals surface area contributed by atoms with Gasteiger partial charge in [0.1, 0.15) is 5.54 Å². The van der Waals surface area contributed by atoms with E-state index in [1.807, 2.05) is 54.6 Å². The third-order valence-electron chi connectivity index (χ3n) is 3.10. The Morgan fingerprint density at radius 3 is 2.57 bits per heavy atom. The zero-order valence-corrected chi connectivity index (χ0v) is 14.0. The van der Waals surface area contributed by atoms with E-state index in [0.29, 0.717) is 5.75 Å². The third-order valence-corrected chi connectivity index (χ3v) is 4.78. The average Bonchev–Trinajstić information content (AvgIpc) is 2.52. The van der Waals surface area contributed by atoms with Gasteiger partial charge in [0.2, 0.25) is 0 Å². The summed E-state index contributed by atoms with van der Waals surface area (Å²) < 4.78 is 5.89. The molecular formula is C16H16BrNO2S. The zero-order valence-electron chi connectivity index (χ0n) is 11.6. The number of esters is 1. The minimum absolute atomic E-state index is 0.403. The van der Waals surface area contributed by atoms with Crippen molar-refractivity contribution < 1.29 is 9.53 Å². The fraction of sp³-hybridized carbons (Fsp3) is 0.188. The van der Waals surface area contributed by atoms with Gasteiger partial charge >= 0.3 is 5.97 Å². The van der Waals surface area contributed by atoms with Crippen molar-refractivity contribution >= 4 is 33.7 Å². The Hall–Kier alpha value is -1.30. The van der Waals surface area contributed by atoms with Crippen LogP contribution in [0.2, 0.25) is 0 Å². The van der Waals surface area contributed by atoms with E-state index in [1.165, 1.54) is 18.9 Å². The highest BCUT2D eigenvalue weighted by molar-refractivity contribution is 9.10. The van der Waals surface area contributed by atoms with Crippen molar-refractivity contribution in [3.05, 3.63) is 64.6 Å². The third kappa shape index (κ3) is 3.87. The van der Waals surface area contributed by atoms with Crippen LogP contribution in [0.15, 0.2) is 64.0 Å². The van der Waals surface area contributed by atoms with Gasteiger partial charge in [-0.2, -0.15) is 0 Å². The maximum absolute atomic E-state index is 12.2. The molecule has 0 aliphatic heterocycles. The molecule has 110 valence electrons. The molecule has 0 saturated heterocycles. The smallest absolute Gasteiger partial charge is 0.331 e. The number of hydrogen-bond donors (Lipinski definition) is 1. The molecule has 21 heavy (non-hydrogen) atoms. The number of thioether (sulfide) groups is 1. The minimum Gasteiger partial charge on any atom is -0.467 e. The van der Waals surface area contributed by atoms with Crippen LogP contribution in [0, 0.1) is 0 Å². The van der Waals surface area contributed by atoms with Gasteiger partial charge < -0.3 is 10.5 Å². The number of methoxy groups -OCH3 is 1. The lowest BCUT2D eigenvalue weighted by atomic mass is 9.93. The summed E-state index contributed by atoms with van der Waals surface area (Å²) in [6.45, 7) is 0. The molecule has 0 spiro atoms. The first-order valence-corrected chi connectivity index (χ1v) is 8.15. The Bertz CT molecular complexity index is 621. The zero-order chi connectivity index (χ0) is 15.3. The molecule has 0 amide bonds. The number of carbonyl (C=O) groups is 1. The van der Waals surface area contributed by atoms with Gasteiger partial charge in [-0.25, -0.2) is 4.79 Å². The average molecular weight is 366 g/mol. The monoisotopic (exact) mass is 365 g/mol. The molecule has 0 bridgehead atoms. The lowest BCUT2D eigenvalue weighted by Gasteiger charge is -2.26. The fourth-order valence-electron chi connectivity index (χ4n) is 1.93. The molecular weight excluding hydrogens is 350 g/mol. The van der Waals surface area contributed by atoms with Crippen LogP contribution < -0.4 is 5.73 Å². The quantitative estimate of drug-likeness (QED) is 0.649. The second-order valence-electron chi connectivity index (χ2n) is 4.58. The summed E-state index contributed by atoms with van der Waals surface area (Å²) in [7, 11) is 1.36. The molecule has 2 aromatic rings. The predicted octanol–water partition coefficient (Wildman–Crippen LogP) is 3.57. The van der Waals surface area contributed by atoms with Gasteiger partial charge in [-0.3, -0.25) is 0 Å². The SMILES string of the molecule is COC(=O)C(N)(CSc1cccc(Br)c1)c1ccccc1. The van der Waals surface area contributed by atoms with Crippen LogP contribution >= 0.6 is 27.7 Å². The molecule has 0 saturated carbocycles. The Balaban J connectivity index is 2.23. The van der Waals surface area contributed by atoms with E-state index in [-0.39, 0.29) is 0 Å². The molecule has 0 heterocycles. The summed E-state index contributed by atoms with van der Waals surface area (Å²) >= 11 is 4.96. The highest BCUT2D eigenvalue weighted by Gasteiger charge is 2.37. The molecule has 2 aromatic carbocycles. The maximum atomic E-state index is 12.2. The molecule has 3 nitrogen and oxygen atoms in total. The summed E-state index contributed by atoms with van der Waals surface area (Å²) in [6.07, 6.45) is 0. The molecule has 1 unspecified atom stereocenters. The number of halogens is 1.